The Morgan fingerprint density at radius 3 is 1.70 bits per heavy atom. The molecule has 0 aliphatic carbocycles. The van der Waals surface area contributed by atoms with Crippen molar-refractivity contribution >= 4 is 5.78 Å². The Balaban J connectivity index is 1.75. The quantitative estimate of drug-likeness (QED) is 0.719. The molecule has 0 saturated heterocycles. The molecule has 4 heteroatoms. The number of halogens is 1. The number of carbonyl (C=O) groups excluding carboxylic acids is 1. The number of carbonyl (C=O) groups is 1. The van der Waals surface area contributed by atoms with Gasteiger partial charge in [-0.15, -0.1) is 0 Å². The van der Waals surface area contributed by atoms with Gasteiger partial charge in [0.15, 0.2) is 5.78 Å². The van der Waals surface area contributed by atoms with Gasteiger partial charge >= 0.3 is 0 Å². The Morgan fingerprint density at radius 1 is 0.739 bits per heavy atom. The van der Waals surface area contributed by atoms with E-state index in [-0.39, 0.29) is 17.3 Å². The molecule has 1 N–H and O–H groups in total. The topological polar surface area (TPSA) is 46.5 Å². The fourth-order valence-corrected chi connectivity index (χ4v) is 2.09. The minimum absolute atomic E-state index is 0.164. The highest BCUT2D eigenvalue weighted by atomic mass is 19.1. The molecular weight excluding hydrogens is 295 g/mol. The average molecular weight is 308 g/mol. The van der Waals surface area contributed by atoms with E-state index < -0.39 is 0 Å². The second kappa shape index (κ2) is 6.32. The van der Waals surface area contributed by atoms with Crippen molar-refractivity contribution in [2.24, 2.45) is 0 Å². The summed E-state index contributed by atoms with van der Waals surface area (Å²) < 4.78 is 18.5. The van der Waals surface area contributed by atoms with Crippen molar-refractivity contribution in [2.75, 3.05) is 0 Å². The fourth-order valence-electron chi connectivity index (χ4n) is 2.09. The number of hydrogen-bond donors (Lipinski definition) is 1. The van der Waals surface area contributed by atoms with E-state index in [1.807, 2.05) is 0 Å². The van der Waals surface area contributed by atoms with Crippen molar-refractivity contribution in [1.82, 2.24) is 0 Å². The van der Waals surface area contributed by atoms with Gasteiger partial charge < -0.3 is 9.84 Å². The molecule has 0 atom stereocenters. The van der Waals surface area contributed by atoms with Gasteiger partial charge in [0.2, 0.25) is 0 Å². The largest absolute Gasteiger partial charge is 0.508 e. The Morgan fingerprint density at radius 2 is 1.17 bits per heavy atom. The van der Waals surface area contributed by atoms with Gasteiger partial charge in [-0.05, 0) is 72.8 Å². The molecule has 0 aliphatic rings. The molecule has 114 valence electrons. The number of phenolic OH excluding ortho intramolecular Hbond substituents is 1. The van der Waals surface area contributed by atoms with Crippen molar-refractivity contribution in [3.63, 3.8) is 0 Å². The van der Waals surface area contributed by atoms with Crippen molar-refractivity contribution < 1.29 is 19.0 Å². The first-order valence-electron chi connectivity index (χ1n) is 6.99. The second-order valence-corrected chi connectivity index (χ2v) is 4.96. The maximum absolute atomic E-state index is 12.9. The van der Waals surface area contributed by atoms with Crippen LogP contribution in [0.1, 0.15) is 15.9 Å². The summed E-state index contributed by atoms with van der Waals surface area (Å²) in [7, 11) is 0. The van der Waals surface area contributed by atoms with Crippen LogP contribution in [0.5, 0.6) is 17.2 Å². The van der Waals surface area contributed by atoms with Gasteiger partial charge in [0.25, 0.3) is 0 Å². The molecule has 0 aromatic heterocycles. The summed E-state index contributed by atoms with van der Waals surface area (Å²) in [4.78, 5) is 12.3. The second-order valence-electron chi connectivity index (χ2n) is 4.96. The summed E-state index contributed by atoms with van der Waals surface area (Å²) in [6.45, 7) is 0. The van der Waals surface area contributed by atoms with Gasteiger partial charge in [-0.2, -0.15) is 0 Å². The van der Waals surface area contributed by atoms with E-state index in [2.05, 4.69) is 0 Å². The fraction of sp³-hybridized carbons (Fsp3) is 0. The van der Waals surface area contributed by atoms with Gasteiger partial charge in [-0.25, -0.2) is 4.39 Å². The van der Waals surface area contributed by atoms with Crippen molar-refractivity contribution in [2.45, 2.75) is 0 Å². The van der Waals surface area contributed by atoms with Gasteiger partial charge in [0.05, 0.1) is 0 Å². The van der Waals surface area contributed by atoms with E-state index in [1.165, 1.54) is 36.4 Å². The smallest absolute Gasteiger partial charge is 0.193 e. The molecule has 0 bridgehead atoms. The summed E-state index contributed by atoms with van der Waals surface area (Å²) in [5.74, 6) is 0.768. The first-order chi connectivity index (χ1) is 11.1. The molecule has 3 nitrogen and oxygen atoms in total. The summed E-state index contributed by atoms with van der Waals surface area (Å²) in [5, 5.41) is 9.23. The zero-order chi connectivity index (χ0) is 16.2. The van der Waals surface area contributed by atoms with Crippen LogP contribution in [-0.2, 0) is 0 Å². The number of ketones is 1. The number of benzene rings is 3. The molecule has 0 fully saturated rings. The predicted octanol–water partition coefficient (Wildman–Crippen LogP) is 4.55. The standard InChI is InChI=1S/C19H13FO3/c20-15-5-1-13(2-6-15)19(22)14-3-9-17(10-4-14)23-18-11-7-16(21)8-12-18/h1-12,21H. The maximum Gasteiger partial charge on any atom is 0.193 e. The highest BCUT2D eigenvalue weighted by Crippen LogP contribution is 2.24. The third-order valence-corrected chi connectivity index (χ3v) is 3.30. The van der Waals surface area contributed by atoms with Crippen LogP contribution in [0.25, 0.3) is 0 Å². The van der Waals surface area contributed by atoms with Gasteiger partial charge in [0, 0.05) is 11.1 Å². The lowest BCUT2D eigenvalue weighted by Crippen LogP contribution is -2.01. The molecule has 3 aromatic carbocycles. The molecule has 23 heavy (non-hydrogen) atoms. The van der Waals surface area contributed by atoms with Crippen molar-refractivity contribution in [3.8, 4) is 17.2 Å². The van der Waals surface area contributed by atoms with Crippen LogP contribution >= 0.6 is 0 Å². The molecular formula is C19H13FO3. The summed E-state index contributed by atoms with van der Waals surface area (Å²) >= 11 is 0. The van der Waals surface area contributed by atoms with Crippen LogP contribution in [-0.4, -0.2) is 10.9 Å². The zero-order valence-corrected chi connectivity index (χ0v) is 12.1. The normalized spacial score (nSPS) is 10.3. The lowest BCUT2D eigenvalue weighted by molar-refractivity contribution is 0.103. The molecule has 0 saturated carbocycles. The Kier molecular flexibility index (Phi) is 4.06. The Labute approximate surface area is 132 Å². The molecule has 0 amide bonds. The molecule has 0 aliphatic heterocycles. The van der Waals surface area contributed by atoms with Crippen LogP contribution in [0.15, 0.2) is 72.8 Å². The SMILES string of the molecule is O=C(c1ccc(F)cc1)c1ccc(Oc2ccc(O)cc2)cc1. The average Bonchev–Trinajstić information content (AvgIpc) is 2.58. The number of hydrogen-bond acceptors (Lipinski definition) is 3. The Bertz CT molecular complexity index is 807. The van der Waals surface area contributed by atoms with Crippen LogP contribution in [0.4, 0.5) is 4.39 Å². The Hall–Kier alpha value is -3.14. The molecule has 0 heterocycles. The monoisotopic (exact) mass is 308 g/mol. The van der Waals surface area contributed by atoms with Crippen LogP contribution in [0.3, 0.4) is 0 Å². The number of ether oxygens (including phenoxy) is 1. The molecule has 0 unspecified atom stereocenters. The highest BCUT2D eigenvalue weighted by molar-refractivity contribution is 6.08. The first kappa shape index (κ1) is 14.8. The molecule has 0 radical (unpaired) electrons. The van der Waals surface area contributed by atoms with Gasteiger partial charge in [0.1, 0.15) is 23.1 Å². The maximum atomic E-state index is 12.9. The third-order valence-electron chi connectivity index (χ3n) is 3.30. The van der Waals surface area contributed by atoms with E-state index in [1.54, 1.807) is 36.4 Å². The van der Waals surface area contributed by atoms with Gasteiger partial charge in [-0.1, -0.05) is 0 Å². The van der Waals surface area contributed by atoms with Crippen molar-refractivity contribution in [3.05, 3.63) is 89.7 Å². The minimum atomic E-state index is -0.376. The number of phenols is 1. The molecule has 0 spiro atoms. The summed E-state index contributed by atoms with van der Waals surface area (Å²) in [5.41, 5.74) is 0.924. The third kappa shape index (κ3) is 3.55. The van der Waals surface area contributed by atoms with Crippen LogP contribution < -0.4 is 4.74 Å². The lowest BCUT2D eigenvalue weighted by atomic mass is 10.0. The zero-order valence-electron chi connectivity index (χ0n) is 12.1. The predicted molar refractivity (Wildman–Crippen MR) is 84.5 cm³/mol. The summed E-state index contributed by atoms with van der Waals surface area (Å²) in [6, 6.07) is 18.5. The summed E-state index contributed by atoms with van der Waals surface area (Å²) in [6.07, 6.45) is 0. The first-order valence-corrected chi connectivity index (χ1v) is 6.99. The number of rotatable bonds is 4. The van der Waals surface area contributed by atoms with E-state index in [0.717, 1.165) is 0 Å². The van der Waals surface area contributed by atoms with E-state index in [0.29, 0.717) is 22.6 Å². The highest BCUT2D eigenvalue weighted by Gasteiger charge is 2.09. The van der Waals surface area contributed by atoms with Gasteiger partial charge in [-0.3, -0.25) is 4.79 Å². The van der Waals surface area contributed by atoms with Crippen LogP contribution in [0.2, 0.25) is 0 Å². The molecule has 3 rings (SSSR count). The van der Waals surface area contributed by atoms with Crippen LogP contribution in [0, 0.1) is 5.82 Å². The van der Waals surface area contributed by atoms with Crippen molar-refractivity contribution in [1.29, 1.82) is 0 Å². The molecule has 3 aromatic rings. The van der Waals surface area contributed by atoms with E-state index >= 15 is 0 Å². The van der Waals surface area contributed by atoms with E-state index in [9.17, 15) is 14.3 Å². The number of aromatic hydroxyl groups is 1. The van der Waals surface area contributed by atoms with E-state index in [4.69, 9.17) is 4.74 Å². The minimum Gasteiger partial charge on any atom is -0.508 e. The lowest BCUT2D eigenvalue weighted by Gasteiger charge is -2.07.